The number of aromatic nitrogens is 1. The van der Waals surface area contributed by atoms with E-state index in [-0.39, 0.29) is 0 Å². The Bertz CT molecular complexity index is 594. The summed E-state index contributed by atoms with van der Waals surface area (Å²) < 4.78 is 0. The molecule has 0 saturated carbocycles. The van der Waals surface area contributed by atoms with Gasteiger partial charge in [-0.1, -0.05) is 31.5 Å². The van der Waals surface area contributed by atoms with Crippen molar-refractivity contribution >= 4 is 16.7 Å². The number of rotatable bonds is 4. The lowest BCUT2D eigenvalue weighted by Crippen LogP contribution is -2.23. The summed E-state index contributed by atoms with van der Waals surface area (Å²) in [6, 6.07) is 10.6. The third-order valence-electron chi connectivity index (χ3n) is 4.36. The van der Waals surface area contributed by atoms with Gasteiger partial charge in [0.25, 0.3) is 0 Å². The van der Waals surface area contributed by atoms with Crippen molar-refractivity contribution in [2.24, 2.45) is 11.7 Å². The maximum absolute atomic E-state index is 5.78. The van der Waals surface area contributed by atoms with Crippen LogP contribution in [-0.2, 0) is 6.42 Å². The number of fused-ring (bicyclic) bond motifs is 1. The highest BCUT2D eigenvalue weighted by Gasteiger charge is 2.24. The maximum Gasteiger partial charge on any atom is 0.132 e. The third-order valence-corrected chi connectivity index (χ3v) is 4.36. The van der Waals surface area contributed by atoms with E-state index in [0.717, 1.165) is 36.8 Å². The predicted molar refractivity (Wildman–Crippen MR) is 85.1 cm³/mol. The highest BCUT2D eigenvalue weighted by molar-refractivity contribution is 5.81. The minimum Gasteiger partial charge on any atom is -0.356 e. The monoisotopic (exact) mass is 269 g/mol. The van der Waals surface area contributed by atoms with Gasteiger partial charge in [-0.2, -0.15) is 0 Å². The van der Waals surface area contributed by atoms with Gasteiger partial charge in [-0.15, -0.1) is 0 Å². The van der Waals surface area contributed by atoms with Crippen molar-refractivity contribution in [1.82, 2.24) is 4.98 Å². The molecule has 1 unspecified atom stereocenters. The molecule has 2 N–H and O–H groups in total. The molecule has 1 fully saturated rings. The Balaban J connectivity index is 2.01. The Morgan fingerprint density at radius 3 is 2.95 bits per heavy atom. The van der Waals surface area contributed by atoms with Crippen LogP contribution >= 0.6 is 0 Å². The minimum absolute atomic E-state index is 0.679. The number of hydrogen-bond acceptors (Lipinski definition) is 3. The van der Waals surface area contributed by atoms with Crippen molar-refractivity contribution in [3.8, 4) is 0 Å². The highest BCUT2D eigenvalue weighted by atomic mass is 15.2. The zero-order valence-corrected chi connectivity index (χ0v) is 12.2. The lowest BCUT2D eigenvalue weighted by atomic mass is 10.1. The van der Waals surface area contributed by atoms with Crippen molar-refractivity contribution in [2.75, 3.05) is 24.5 Å². The van der Waals surface area contributed by atoms with Gasteiger partial charge in [0, 0.05) is 18.5 Å². The van der Waals surface area contributed by atoms with Crippen molar-refractivity contribution in [3.63, 3.8) is 0 Å². The van der Waals surface area contributed by atoms with Gasteiger partial charge in [0.2, 0.25) is 0 Å². The molecule has 1 aromatic heterocycles. The molecule has 106 valence electrons. The zero-order valence-electron chi connectivity index (χ0n) is 12.2. The van der Waals surface area contributed by atoms with E-state index in [4.69, 9.17) is 10.7 Å². The van der Waals surface area contributed by atoms with Crippen LogP contribution in [0.5, 0.6) is 0 Å². The summed E-state index contributed by atoms with van der Waals surface area (Å²) in [6.07, 6.45) is 3.45. The Labute approximate surface area is 120 Å². The van der Waals surface area contributed by atoms with Crippen molar-refractivity contribution in [3.05, 3.63) is 35.9 Å². The van der Waals surface area contributed by atoms with E-state index < -0.39 is 0 Å². The molecule has 0 radical (unpaired) electrons. The normalized spacial score (nSPS) is 18.9. The highest BCUT2D eigenvalue weighted by Crippen LogP contribution is 2.29. The van der Waals surface area contributed by atoms with Crippen LogP contribution in [0.15, 0.2) is 30.3 Å². The zero-order chi connectivity index (χ0) is 13.9. The summed E-state index contributed by atoms with van der Waals surface area (Å²) in [6.45, 7) is 5.22. The second kappa shape index (κ2) is 5.80. The molecule has 20 heavy (non-hydrogen) atoms. The summed E-state index contributed by atoms with van der Waals surface area (Å²) in [5.74, 6) is 1.97. The Kier molecular flexibility index (Phi) is 3.88. The molecule has 1 atom stereocenters. The molecule has 1 aliphatic rings. The first kappa shape index (κ1) is 13.4. The van der Waals surface area contributed by atoms with Crippen LogP contribution in [0, 0.1) is 5.92 Å². The van der Waals surface area contributed by atoms with Crippen LogP contribution in [0.1, 0.15) is 25.3 Å². The second-order valence-electron chi connectivity index (χ2n) is 5.71. The predicted octanol–water partition coefficient (Wildman–Crippen LogP) is 2.97. The van der Waals surface area contributed by atoms with Crippen LogP contribution in [0.3, 0.4) is 0 Å². The molecule has 1 aliphatic heterocycles. The topological polar surface area (TPSA) is 42.2 Å². The van der Waals surface area contributed by atoms with Gasteiger partial charge in [0.15, 0.2) is 0 Å². The van der Waals surface area contributed by atoms with Gasteiger partial charge in [0.1, 0.15) is 5.82 Å². The number of anilines is 1. The average molecular weight is 269 g/mol. The number of nitrogens with zero attached hydrogens (tertiary/aromatic N) is 2. The van der Waals surface area contributed by atoms with Gasteiger partial charge in [-0.25, -0.2) is 4.98 Å². The molecule has 0 amide bonds. The number of nitrogens with two attached hydrogens (primary N) is 1. The van der Waals surface area contributed by atoms with E-state index in [1.54, 1.807) is 0 Å². The molecule has 0 aliphatic carbocycles. The molecular weight excluding hydrogens is 246 g/mol. The van der Waals surface area contributed by atoms with E-state index >= 15 is 0 Å². The van der Waals surface area contributed by atoms with Gasteiger partial charge >= 0.3 is 0 Å². The fourth-order valence-electron chi connectivity index (χ4n) is 3.12. The molecule has 3 heteroatoms. The van der Waals surface area contributed by atoms with E-state index in [1.807, 2.05) is 0 Å². The first-order valence-corrected chi connectivity index (χ1v) is 7.65. The molecule has 3 nitrogen and oxygen atoms in total. The van der Waals surface area contributed by atoms with Crippen molar-refractivity contribution < 1.29 is 0 Å². The quantitative estimate of drug-likeness (QED) is 0.928. The smallest absolute Gasteiger partial charge is 0.132 e. The van der Waals surface area contributed by atoms with Crippen molar-refractivity contribution in [2.45, 2.75) is 26.2 Å². The average Bonchev–Trinajstić information content (AvgIpc) is 2.95. The van der Waals surface area contributed by atoms with Gasteiger partial charge in [-0.05, 0) is 43.0 Å². The van der Waals surface area contributed by atoms with E-state index in [2.05, 4.69) is 42.2 Å². The molecule has 1 saturated heterocycles. The number of benzene rings is 1. The number of hydrogen-bond donors (Lipinski definition) is 1. The summed E-state index contributed by atoms with van der Waals surface area (Å²) in [5.41, 5.74) is 8.16. The second-order valence-corrected chi connectivity index (χ2v) is 5.71. The minimum atomic E-state index is 0.679. The van der Waals surface area contributed by atoms with Crippen LogP contribution in [0.4, 0.5) is 5.82 Å². The lowest BCUT2D eigenvalue weighted by Gasteiger charge is -2.21. The fraction of sp³-hybridized carbons (Fsp3) is 0.471. The molecule has 3 rings (SSSR count). The Morgan fingerprint density at radius 1 is 1.35 bits per heavy atom. The first-order chi connectivity index (χ1) is 9.81. The Morgan fingerprint density at radius 2 is 2.20 bits per heavy atom. The van der Waals surface area contributed by atoms with Crippen molar-refractivity contribution in [1.29, 1.82) is 0 Å². The summed E-state index contributed by atoms with van der Waals surface area (Å²) in [7, 11) is 0. The van der Waals surface area contributed by atoms with Gasteiger partial charge in [0.05, 0.1) is 5.52 Å². The molecule has 0 bridgehead atoms. The van der Waals surface area contributed by atoms with Gasteiger partial charge < -0.3 is 10.6 Å². The molecular formula is C17H23N3. The van der Waals surface area contributed by atoms with Crippen LogP contribution in [0.25, 0.3) is 10.9 Å². The van der Waals surface area contributed by atoms with Crippen LogP contribution in [-0.4, -0.2) is 24.6 Å². The first-order valence-electron chi connectivity index (χ1n) is 7.65. The molecule has 2 heterocycles. The molecule has 1 aromatic carbocycles. The SMILES string of the molecule is CCC1CCN(c2nc3ccccc3cc2CCN)C1. The Hall–Kier alpha value is -1.61. The summed E-state index contributed by atoms with van der Waals surface area (Å²) >= 11 is 0. The maximum atomic E-state index is 5.78. The summed E-state index contributed by atoms with van der Waals surface area (Å²) in [5, 5.41) is 1.21. The van der Waals surface area contributed by atoms with E-state index in [9.17, 15) is 0 Å². The standard InChI is InChI=1S/C17H23N3/c1-2-13-8-10-20(12-13)17-15(7-9-18)11-14-5-3-4-6-16(14)19-17/h3-6,11,13H,2,7-10,12,18H2,1H3. The summed E-state index contributed by atoms with van der Waals surface area (Å²) in [4.78, 5) is 7.36. The van der Waals surface area contributed by atoms with Crippen LogP contribution in [0.2, 0.25) is 0 Å². The molecule has 2 aromatic rings. The lowest BCUT2D eigenvalue weighted by molar-refractivity contribution is 0.568. The molecule has 0 spiro atoms. The van der Waals surface area contributed by atoms with Crippen LogP contribution < -0.4 is 10.6 Å². The largest absolute Gasteiger partial charge is 0.356 e. The third kappa shape index (κ3) is 2.50. The fourth-order valence-corrected chi connectivity index (χ4v) is 3.12. The van der Waals surface area contributed by atoms with E-state index in [1.165, 1.54) is 23.8 Å². The number of para-hydroxylation sites is 1. The van der Waals surface area contributed by atoms with Gasteiger partial charge in [-0.3, -0.25) is 0 Å². The number of pyridine rings is 1. The van der Waals surface area contributed by atoms with E-state index in [0.29, 0.717) is 6.54 Å².